The third-order valence-corrected chi connectivity index (χ3v) is 2.75. The van der Waals surface area contributed by atoms with Crippen molar-refractivity contribution in [2.45, 2.75) is 26.7 Å². The van der Waals surface area contributed by atoms with Crippen LogP contribution in [0.15, 0.2) is 12.1 Å². The molecule has 0 amide bonds. The standard InChI is InChI=1S/C13H16F2O2/c1-7(2)10(13(16)17-4)11-9(14)6-5-8(3)12(11)15/h5-7,10H,1-4H3. The third kappa shape index (κ3) is 2.62. The van der Waals surface area contributed by atoms with E-state index in [4.69, 9.17) is 0 Å². The molecule has 4 heteroatoms. The van der Waals surface area contributed by atoms with Crippen LogP contribution in [0.5, 0.6) is 0 Å². The van der Waals surface area contributed by atoms with Crippen molar-refractivity contribution in [3.63, 3.8) is 0 Å². The number of hydrogen-bond donors (Lipinski definition) is 0. The molecule has 2 nitrogen and oxygen atoms in total. The molecule has 1 aromatic carbocycles. The van der Waals surface area contributed by atoms with Crippen molar-refractivity contribution in [1.29, 1.82) is 0 Å². The van der Waals surface area contributed by atoms with Crippen molar-refractivity contribution in [3.8, 4) is 0 Å². The van der Waals surface area contributed by atoms with Crippen LogP contribution in [0.4, 0.5) is 8.78 Å². The van der Waals surface area contributed by atoms with Crippen molar-refractivity contribution in [3.05, 3.63) is 34.9 Å². The summed E-state index contributed by atoms with van der Waals surface area (Å²) in [5, 5.41) is 0. The monoisotopic (exact) mass is 242 g/mol. The molecule has 0 aromatic heterocycles. The topological polar surface area (TPSA) is 26.3 Å². The van der Waals surface area contributed by atoms with Crippen LogP contribution in [0.2, 0.25) is 0 Å². The Bertz CT molecular complexity index is 428. The van der Waals surface area contributed by atoms with Crippen LogP contribution in [-0.4, -0.2) is 13.1 Å². The molecular formula is C13H16F2O2. The Morgan fingerprint density at radius 1 is 1.29 bits per heavy atom. The fraction of sp³-hybridized carbons (Fsp3) is 0.462. The van der Waals surface area contributed by atoms with Gasteiger partial charge in [-0.05, 0) is 24.5 Å². The Labute approximate surface area is 99.6 Å². The number of esters is 1. The van der Waals surface area contributed by atoms with Gasteiger partial charge in [0.15, 0.2) is 0 Å². The van der Waals surface area contributed by atoms with E-state index in [-0.39, 0.29) is 11.5 Å². The summed E-state index contributed by atoms with van der Waals surface area (Å²) < 4.78 is 32.2. The summed E-state index contributed by atoms with van der Waals surface area (Å²) in [5.41, 5.74) is 0.114. The van der Waals surface area contributed by atoms with E-state index in [9.17, 15) is 13.6 Å². The summed E-state index contributed by atoms with van der Waals surface area (Å²) in [6, 6.07) is 2.52. The third-order valence-electron chi connectivity index (χ3n) is 2.75. The van der Waals surface area contributed by atoms with Crippen molar-refractivity contribution in [1.82, 2.24) is 0 Å². The molecule has 1 atom stereocenters. The summed E-state index contributed by atoms with van der Waals surface area (Å²) >= 11 is 0. The molecule has 0 fully saturated rings. The highest BCUT2D eigenvalue weighted by Crippen LogP contribution is 2.31. The van der Waals surface area contributed by atoms with E-state index in [0.29, 0.717) is 5.56 Å². The van der Waals surface area contributed by atoms with Crippen LogP contribution >= 0.6 is 0 Å². The van der Waals surface area contributed by atoms with E-state index in [1.54, 1.807) is 13.8 Å². The molecule has 0 aliphatic heterocycles. The zero-order valence-corrected chi connectivity index (χ0v) is 10.4. The number of methoxy groups -OCH3 is 1. The van der Waals surface area contributed by atoms with Crippen LogP contribution in [0.1, 0.15) is 30.9 Å². The molecule has 1 aromatic rings. The molecule has 17 heavy (non-hydrogen) atoms. The number of halogens is 2. The second-order valence-electron chi connectivity index (χ2n) is 4.34. The van der Waals surface area contributed by atoms with E-state index in [2.05, 4.69) is 4.74 Å². The molecule has 0 heterocycles. The van der Waals surface area contributed by atoms with Gasteiger partial charge in [-0.15, -0.1) is 0 Å². The second kappa shape index (κ2) is 5.25. The van der Waals surface area contributed by atoms with Gasteiger partial charge in [0.25, 0.3) is 0 Å². The lowest BCUT2D eigenvalue weighted by molar-refractivity contribution is -0.143. The average molecular weight is 242 g/mol. The van der Waals surface area contributed by atoms with E-state index in [0.717, 1.165) is 0 Å². The van der Waals surface area contributed by atoms with Gasteiger partial charge in [0.05, 0.1) is 13.0 Å². The number of hydrogen-bond acceptors (Lipinski definition) is 2. The lowest BCUT2D eigenvalue weighted by Gasteiger charge is -2.20. The molecule has 0 spiro atoms. The summed E-state index contributed by atoms with van der Waals surface area (Å²) in [4.78, 5) is 11.6. The summed E-state index contributed by atoms with van der Waals surface area (Å²) in [6.45, 7) is 4.98. The van der Waals surface area contributed by atoms with Crippen LogP contribution < -0.4 is 0 Å². The van der Waals surface area contributed by atoms with Crippen molar-refractivity contribution in [2.24, 2.45) is 5.92 Å². The molecule has 94 valence electrons. The van der Waals surface area contributed by atoms with Crippen molar-refractivity contribution in [2.75, 3.05) is 7.11 Å². The Morgan fingerprint density at radius 3 is 2.35 bits per heavy atom. The largest absolute Gasteiger partial charge is 0.469 e. The normalized spacial score (nSPS) is 12.6. The van der Waals surface area contributed by atoms with E-state index in [1.165, 1.54) is 26.2 Å². The minimum absolute atomic E-state index is 0.202. The number of carbonyl (C=O) groups is 1. The van der Waals surface area contributed by atoms with Gasteiger partial charge in [-0.3, -0.25) is 4.79 Å². The van der Waals surface area contributed by atoms with Gasteiger partial charge in [0, 0.05) is 5.56 Å². The molecular weight excluding hydrogens is 226 g/mol. The van der Waals surface area contributed by atoms with Gasteiger partial charge in [-0.25, -0.2) is 8.78 Å². The minimum atomic E-state index is -0.917. The van der Waals surface area contributed by atoms with Gasteiger partial charge in [-0.1, -0.05) is 19.9 Å². The van der Waals surface area contributed by atoms with Gasteiger partial charge in [-0.2, -0.15) is 0 Å². The van der Waals surface area contributed by atoms with Crippen LogP contribution in [0.25, 0.3) is 0 Å². The summed E-state index contributed by atoms with van der Waals surface area (Å²) in [6.07, 6.45) is 0. The Balaban J connectivity index is 3.37. The van der Waals surface area contributed by atoms with Gasteiger partial charge >= 0.3 is 5.97 Å². The van der Waals surface area contributed by atoms with E-state index in [1.807, 2.05) is 0 Å². The maximum Gasteiger partial charge on any atom is 0.313 e. The maximum absolute atomic E-state index is 13.9. The fourth-order valence-corrected chi connectivity index (χ4v) is 1.81. The minimum Gasteiger partial charge on any atom is -0.469 e. The predicted molar refractivity (Wildman–Crippen MR) is 60.7 cm³/mol. The Hall–Kier alpha value is -1.45. The van der Waals surface area contributed by atoms with E-state index >= 15 is 0 Å². The fourth-order valence-electron chi connectivity index (χ4n) is 1.81. The first kappa shape index (κ1) is 13.6. The number of benzene rings is 1. The molecule has 1 unspecified atom stereocenters. The maximum atomic E-state index is 13.9. The summed E-state index contributed by atoms with van der Waals surface area (Å²) in [5.74, 6) is -3.16. The van der Waals surface area contributed by atoms with Crippen LogP contribution in [0, 0.1) is 24.5 Å². The summed E-state index contributed by atoms with van der Waals surface area (Å²) in [7, 11) is 1.21. The van der Waals surface area contributed by atoms with Gasteiger partial charge in [0.2, 0.25) is 0 Å². The Kier molecular flexibility index (Phi) is 4.21. The highest BCUT2D eigenvalue weighted by atomic mass is 19.1. The average Bonchev–Trinajstić information content (AvgIpc) is 2.28. The number of rotatable bonds is 3. The van der Waals surface area contributed by atoms with Gasteiger partial charge < -0.3 is 4.74 Å². The smallest absolute Gasteiger partial charge is 0.313 e. The Morgan fingerprint density at radius 2 is 1.88 bits per heavy atom. The lowest BCUT2D eigenvalue weighted by atomic mass is 9.87. The molecule has 0 bridgehead atoms. The zero-order valence-electron chi connectivity index (χ0n) is 10.4. The first-order valence-electron chi connectivity index (χ1n) is 5.42. The van der Waals surface area contributed by atoms with Gasteiger partial charge in [0.1, 0.15) is 11.6 Å². The molecule has 0 N–H and O–H groups in total. The second-order valence-corrected chi connectivity index (χ2v) is 4.34. The van der Waals surface area contributed by atoms with Crippen molar-refractivity contribution >= 4 is 5.97 Å². The molecule has 0 aliphatic rings. The van der Waals surface area contributed by atoms with Crippen molar-refractivity contribution < 1.29 is 18.3 Å². The SMILES string of the molecule is COC(=O)C(c1c(F)ccc(C)c1F)C(C)C. The zero-order chi connectivity index (χ0) is 13.2. The first-order valence-corrected chi connectivity index (χ1v) is 5.42. The number of carbonyl (C=O) groups excluding carboxylic acids is 1. The first-order chi connectivity index (χ1) is 7.90. The molecule has 0 saturated carbocycles. The van der Waals surface area contributed by atoms with Crippen LogP contribution in [0.3, 0.4) is 0 Å². The van der Waals surface area contributed by atoms with E-state index < -0.39 is 23.5 Å². The quantitative estimate of drug-likeness (QED) is 0.761. The molecule has 0 radical (unpaired) electrons. The van der Waals surface area contributed by atoms with Crippen LogP contribution in [-0.2, 0) is 9.53 Å². The number of ether oxygens (including phenoxy) is 1. The highest BCUT2D eigenvalue weighted by Gasteiger charge is 2.31. The predicted octanol–water partition coefficient (Wildman–Crippen LogP) is 3.19. The number of aryl methyl sites for hydroxylation is 1. The lowest BCUT2D eigenvalue weighted by Crippen LogP contribution is -2.22. The molecule has 0 aliphatic carbocycles. The molecule has 0 saturated heterocycles. The highest BCUT2D eigenvalue weighted by molar-refractivity contribution is 5.78. The molecule has 1 rings (SSSR count).